The van der Waals surface area contributed by atoms with Gasteiger partial charge in [0.1, 0.15) is 0 Å². The predicted octanol–water partition coefficient (Wildman–Crippen LogP) is 1.59. The SMILES string of the molecule is O=S(=O)(Cl)c1cccc2c1CCN=C2. The van der Waals surface area contributed by atoms with Crippen LogP contribution in [0.2, 0.25) is 0 Å². The van der Waals surface area contributed by atoms with Crippen LogP contribution in [0.15, 0.2) is 28.1 Å². The number of rotatable bonds is 1. The van der Waals surface area contributed by atoms with Crippen LogP contribution in [-0.2, 0) is 15.5 Å². The Labute approximate surface area is 86.8 Å². The Morgan fingerprint density at radius 2 is 2.14 bits per heavy atom. The van der Waals surface area contributed by atoms with Crippen LogP contribution < -0.4 is 0 Å². The molecule has 1 aromatic carbocycles. The minimum absolute atomic E-state index is 0.211. The zero-order valence-electron chi connectivity index (χ0n) is 7.27. The van der Waals surface area contributed by atoms with Gasteiger partial charge in [0.25, 0.3) is 9.05 Å². The lowest BCUT2D eigenvalue weighted by molar-refractivity contribution is 0.608. The Balaban J connectivity index is 2.69. The molecule has 3 nitrogen and oxygen atoms in total. The minimum Gasteiger partial charge on any atom is -0.292 e. The Morgan fingerprint density at radius 1 is 1.36 bits per heavy atom. The lowest BCUT2D eigenvalue weighted by Gasteiger charge is -2.12. The lowest BCUT2D eigenvalue weighted by Crippen LogP contribution is -2.08. The zero-order chi connectivity index (χ0) is 10.2. The largest absolute Gasteiger partial charge is 0.292 e. The summed E-state index contributed by atoms with van der Waals surface area (Å²) in [5, 5.41) is 0. The highest BCUT2D eigenvalue weighted by molar-refractivity contribution is 8.13. The van der Waals surface area contributed by atoms with Gasteiger partial charge in [-0.05, 0) is 23.6 Å². The molecule has 0 amide bonds. The Bertz CT molecular complexity index is 494. The van der Waals surface area contributed by atoms with E-state index in [1.54, 1.807) is 12.3 Å². The monoisotopic (exact) mass is 229 g/mol. The van der Waals surface area contributed by atoms with E-state index in [0.717, 1.165) is 11.1 Å². The van der Waals surface area contributed by atoms with Gasteiger partial charge in [0, 0.05) is 23.4 Å². The summed E-state index contributed by atoms with van der Waals surface area (Å²) in [5.74, 6) is 0. The molecule has 1 heterocycles. The summed E-state index contributed by atoms with van der Waals surface area (Å²) in [5.41, 5.74) is 1.62. The van der Waals surface area contributed by atoms with Crippen molar-refractivity contribution in [3.63, 3.8) is 0 Å². The third-order valence-electron chi connectivity index (χ3n) is 2.15. The van der Waals surface area contributed by atoms with Gasteiger partial charge in [0.15, 0.2) is 0 Å². The first-order chi connectivity index (χ1) is 6.59. The van der Waals surface area contributed by atoms with Crippen molar-refractivity contribution >= 4 is 25.9 Å². The first-order valence-electron chi connectivity index (χ1n) is 4.15. The van der Waals surface area contributed by atoms with Gasteiger partial charge in [-0.25, -0.2) is 8.42 Å². The molecule has 1 aliphatic heterocycles. The molecule has 0 saturated carbocycles. The molecular formula is C9H8ClNO2S. The maximum absolute atomic E-state index is 11.2. The second kappa shape index (κ2) is 3.37. The topological polar surface area (TPSA) is 46.5 Å². The van der Waals surface area contributed by atoms with E-state index in [1.807, 2.05) is 6.07 Å². The fraction of sp³-hybridized carbons (Fsp3) is 0.222. The molecule has 5 heteroatoms. The first kappa shape index (κ1) is 9.68. The predicted molar refractivity (Wildman–Crippen MR) is 55.6 cm³/mol. The maximum Gasteiger partial charge on any atom is 0.261 e. The van der Waals surface area contributed by atoms with Crippen LogP contribution in [0.5, 0.6) is 0 Å². The summed E-state index contributed by atoms with van der Waals surface area (Å²) < 4.78 is 22.5. The van der Waals surface area contributed by atoms with Gasteiger partial charge in [-0.2, -0.15) is 0 Å². The van der Waals surface area contributed by atoms with E-state index in [1.165, 1.54) is 6.07 Å². The summed E-state index contributed by atoms with van der Waals surface area (Å²) in [6.07, 6.45) is 2.32. The molecule has 0 saturated heterocycles. The van der Waals surface area contributed by atoms with Crippen LogP contribution in [0, 0.1) is 0 Å². The van der Waals surface area contributed by atoms with E-state index >= 15 is 0 Å². The fourth-order valence-electron chi connectivity index (χ4n) is 1.54. The molecule has 0 bridgehead atoms. The van der Waals surface area contributed by atoms with E-state index < -0.39 is 9.05 Å². The molecule has 0 unspecified atom stereocenters. The van der Waals surface area contributed by atoms with E-state index in [9.17, 15) is 8.42 Å². The van der Waals surface area contributed by atoms with Crippen molar-refractivity contribution in [2.45, 2.75) is 11.3 Å². The number of benzene rings is 1. The molecule has 0 spiro atoms. The second-order valence-corrected chi connectivity index (χ2v) is 5.58. The molecule has 0 N–H and O–H groups in total. The summed E-state index contributed by atoms with van der Waals surface area (Å²) in [6, 6.07) is 5.04. The molecule has 14 heavy (non-hydrogen) atoms. The minimum atomic E-state index is -3.63. The fourth-order valence-corrected chi connectivity index (χ4v) is 2.73. The molecule has 0 aliphatic carbocycles. The summed E-state index contributed by atoms with van der Waals surface area (Å²) in [4.78, 5) is 4.29. The van der Waals surface area contributed by atoms with Gasteiger partial charge >= 0.3 is 0 Å². The van der Waals surface area contributed by atoms with Crippen molar-refractivity contribution in [1.82, 2.24) is 0 Å². The zero-order valence-corrected chi connectivity index (χ0v) is 8.85. The number of nitrogens with zero attached hydrogens (tertiary/aromatic N) is 1. The Morgan fingerprint density at radius 3 is 2.86 bits per heavy atom. The van der Waals surface area contributed by atoms with Gasteiger partial charge in [-0.3, -0.25) is 4.99 Å². The van der Waals surface area contributed by atoms with Gasteiger partial charge in [-0.15, -0.1) is 0 Å². The maximum atomic E-state index is 11.2. The summed E-state index contributed by atoms with van der Waals surface area (Å²) >= 11 is 0. The van der Waals surface area contributed by atoms with Gasteiger partial charge in [0.05, 0.1) is 4.90 Å². The standard InChI is InChI=1S/C9H8ClNO2S/c10-14(12,13)9-3-1-2-7-6-11-5-4-8(7)9/h1-3,6H,4-5H2. The molecule has 0 fully saturated rings. The normalized spacial score (nSPS) is 15.2. The molecule has 0 radical (unpaired) electrons. The molecule has 1 aromatic rings. The average Bonchev–Trinajstić information content (AvgIpc) is 2.15. The van der Waals surface area contributed by atoms with E-state index in [-0.39, 0.29) is 4.90 Å². The molecule has 2 rings (SSSR count). The van der Waals surface area contributed by atoms with Crippen LogP contribution >= 0.6 is 10.7 Å². The molecule has 0 atom stereocenters. The van der Waals surface area contributed by atoms with Gasteiger partial charge in [-0.1, -0.05) is 12.1 Å². The molecule has 74 valence electrons. The average molecular weight is 230 g/mol. The number of aliphatic imine (C=N–C) groups is 1. The van der Waals surface area contributed by atoms with Gasteiger partial charge < -0.3 is 0 Å². The highest BCUT2D eigenvalue weighted by Crippen LogP contribution is 2.24. The molecule has 0 aromatic heterocycles. The number of hydrogen-bond acceptors (Lipinski definition) is 3. The van der Waals surface area contributed by atoms with Gasteiger partial charge in [0.2, 0.25) is 0 Å². The highest BCUT2D eigenvalue weighted by atomic mass is 35.7. The van der Waals surface area contributed by atoms with Crippen LogP contribution in [0.4, 0.5) is 0 Å². The van der Waals surface area contributed by atoms with E-state index in [2.05, 4.69) is 4.99 Å². The van der Waals surface area contributed by atoms with Crippen LogP contribution in [0.1, 0.15) is 11.1 Å². The molecule has 1 aliphatic rings. The number of fused-ring (bicyclic) bond motifs is 1. The first-order valence-corrected chi connectivity index (χ1v) is 6.46. The van der Waals surface area contributed by atoms with E-state index in [0.29, 0.717) is 13.0 Å². The van der Waals surface area contributed by atoms with Crippen molar-refractivity contribution in [2.24, 2.45) is 4.99 Å². The van der Waals surface area contributed by atoms with Crippen LogP contribution in [0.25, 0.3) is 0 Å². The number of hydrogen-bond donors (Lipinski definition) is 0. The third kappa shape index (κ3) is 1.67. The summed E-state index contributed by atoms with van der Waals surface area (Å²) in [7, 11) is 1.69. The summed E-state index contributed by atoms with van der Waals surface area (Å²) in [6.45, 7) is 0.621. The van der Waals surface area contributed by atoms with Crippen molar-refractivity contribution in [3.8, 4) is 0 Å². The van der Waals surface area contributed by atoms with Crippen molar-refractivity contribution < 1.29 is 8.42 Å². The van der Waals surface area contributed by atoms with Crippen molar-refractivity contribution in [2.75, 3.05) is 6.54 Å². The Kier molecular flexibility index (Phi) is 2.33. The highest BCUT2D eigenvalue weighted by Gasteiger charge is 2.18. The number of halogens is 1. The van der Waals surface area contributed by atoms with Crippen molar-refractivity contribution in [1.29, 1.82) is 0 Å². The van der Waals surface area contributed by atoms with Crippen LogP contribution in [-0.4, -0.2) is 21.2 Å². The lowest BCUT2D eigenvalue weighted by atomic mass is 10.0. The second-order valence-electron chi connectivity index (χ2n) is 3.05. The molecular weight excluding hydrogens is 222 g/mol. The van der Waals surface area contributed by atoms with Crippen LogP contribution in [0.3, 0.4) is 0 Å². The third-order valence-corrected chi connectivity index (χ3v) is 3.56. The smallest absolute Gasteiger partial charge is 0.261 e. The van der Waals surface area contributed by atoms with Crippen molar-refractivity contribution in [3.05, 3.63) is 29.3 Å². The Hall–Kier alpha value is -0.870. The van der Waals surface area contributed by atoms with E-state index in [4.69, 9.17) is 10.7 Å². The quantitative estimate of drug-likeness (QED) is 0.687.